The molecular formula is C23H20F3N5O4. The number of ether oxygens (including phenoxy) is 1. The maximum absolute atomic E-state index is 13.8. The number of hydrogen-bond donors (Lipinski definition) is 0. The van der Waals surface area contributed by atoms with E-state index in [-0.39, 0.29) is 33.9 Å². The van der Waals surface area contributed by atoms with Crippen LogP contribution in [0.2, 0.25) is 0 Å². The van der Waals surface area contributed by atoms with Gasteiger partial charge in [0.15, 0.2) is 0 Å². The third kappa shape index (κ3) is 4.59. The zero-order valence-electron chi connectivity index (χ0n) is 19.1. The Morgan fingerprint density at radius 2 is 1.77 bits per heavy atom. The molecule has 3 heterocycles. The number of benzene rings is 1. The van der Waals surface area contributed by atoms with Gasteiger partial charge in [0, 0.05) is 12.4 Å². The Morgan fingerprint density at radius 3 is 2.34 bits per heavy atom. The number of aromatic nitrogens is 4. The first-order valence-electron chi connectivity index (χ1n) is 10.3. The molecule has 9 nitrogen and oxygen atoms in total. The quantitative estimate of drug-likeness (QED) is 0.408. The Balaban J connectivity index is 2.15. The van der Waals surface area contributed by atoms with Crippen LogP contribution >= 0.6 is 0 Å². The molecule has 0 radical (unpaired) electrons. The second kappa shape index (κ2) is 8.53. The fourth-order valence-corrected chi connectivity index (χ4v) is 3.47. The number of hydrogen-bond acceptors (Lipinski definition) is 7. The standard InChI is InChI=1S/C23H20F3N5O4/c1-22(2,3)35-21(33)30(4)17-14-10-11-15(23(24,25)26)28-18(14)31(13-8-6-5-7-9-13)20(32)16(17)19-29-27-12-34-19/h5-12H,1-4H3. The molecular weight excluding hydrogens is 467 g/mol. The lowest BCUT2D eigenvalue weighted by molar-refractivity contribution is -0.141. The van der Waals surface area contributed by atoms with Crippen molar-refractivity contribution >= 4 is 22.8 Å². The molecule has 182 valence electrons. The molecule has 0 unspecified atom stereocenters. The number of fused-ring (bicyclic) bond motifs is 1. The van der Waals surface area contributed by atoms with Crippen LogP contribution in [-0.2, 0) is 10.9 Å². The number of amides is 1. The summed E-state index contributed by atoms with van der Waals surface area (Å²) >= 11 is 0. The fraction of sp³-hybridized carbons (Fsp3) is 0.261. The van der Waals surface area contributed by atoms with Gasteiger partial charge in [0.25, 0.3) is 11.4 Å². The summed E-state index contributed by atoms with van der Waals surface area (Å²) in [5, 5.41) is 7.48. The van der Waals surface area contributed by atoms with Crippen molar-refractivity contribution in [2.45, 2.75) is 32.5 Å². The zero-order chi connectivity index (χ0) is 25.5. The second-order valence-electron chi connectivity index (χ2n) is 8.55. The minimum Gasteiger partial charge on any atom is -0.443 e. The van der Waals surface area contributed by atoms with Gasteiger partial charge in [0.05, 0.1) is 11.4 Å². The molecule has 0 spiro atoms. The van der Waals surface area contributed by atoms with Gasteiger partial charge in [0.1, 0.15) is 22.5 Å². The number of carbonyl (C=O) groups is 1. The van der Waals surface area contributed by atoms with Gasteiger partial charge in [0.2, 0.25) is 6.39 Å². The van der Waals surface area contributed by atoms with E-state index in [2.05, 4.69) is 15.2 Å². The average Bonchev–Trinajstić information content (AvgIpc) is 3.30. The highest BCUT2D eigenvalue weighted by Gasteiger charge is 2.35. The molecule has 0 bridgehead atoms. The van der Waals surface area contributed by atoms with Crippen LogP contribution in [-0.4, -0.2) is 38.5 Å². The molecule has 0 saturated heterocycles. The Bertz CT molecular complexity index is 1440. The number of anilines is 1. The molecule has 0 atom stereocenters. The number of para-hydroxylation sites is 1. The van der Waals surface area contributed by atoms with E-state index in [0.29, 0.717) is 0 Å². The zero-order valence-corrected chi connectivity index (χ0v) is 19.1. The first-order valence-corrected chi connectivity index (χ1v) is 10.3. The summed E-state index contributed by atoms with van der Waals surface area (Å²) in [6.07, 6.45) is -4.63. The topological polar surface area (TPSA) is 103 Å². The van der Waals surface area contributed by atoms with E-state index in [1.165, 1.54) is 19.2 Å². The largest absolute Gasteiger partial charge is 0.443 e. The first-order chi connectivity index (χ1) is 16.4. The Morgan fingerprint density at radius 1 is 1.09 bits per heavy atom. The number of nitrogens with zero attached hydrogens (tertiary/aromatic N) is 5. The highest BCUT2D eigenvalue weighted by atomic mass is 19.4. The maximum atomic E-state index is 13.8. The van der Waals surface area contributed by atoms with Crippen LogP contribution in [0.15, 0.2) is 58.1 Å². The van der Waals surface area contributed by atoms with Gasteiger partial charge in [-0.1, -0.05) is 18.2 Å². The van der Waals surface area contributed by atoms with Gasteiger partial charge >= 0.3 is 12.3 Å². The van der Waals surface area contributed by atoms with Crippen molar-refractivity contribution in [2.75, 3.05) is 11.9 Å². The van der Waals surface area contributed by atoms with Gasteiger partial charge in [-0.25, -0.2) is 9.78 Å². The van der Waals surface area contributed by atoms with Crippen molar-refractivity contribution in [2.24, 2.45) is 0 Å². The van der Waals surface area contributed by atoms with Crippen molar-refractivity contribution in [3.63, 3.8) is 0 Å². The van der Waals surface area contributed by atoms with Crippen molar-refractivity contribution in [3.05, 3.63) is 64.9 Å². The molecule has 0 aliphatic carbocycles. The van der Waals surface area contributed by atoms with E-state index in [1.807, 2.05) is 0 Å². The van der Waals surface area contributed by atoms with Crippen molar-refractivity contribution in [1.82, 2.24) is 19.7 Å². The van der Waals surface area contributed by atoms with E-state index < -0.39 is 29.1 Å². The minimum absolute atomic E-state index is 0.0583. The molecule has 35 heavy (non-hydrogen) atoms. The summed E-state index contributed by atoms with van der Waals surface area (Å²) in [5.74, 6) is -0.230. The summed E-state index contributed by atoms with van der Waals surface area (Å²) in [6.45, 7) is 4.96. The highest BCUT2D eigenvalue weighted by Crippen LogP contribution is 2.37. The van der Waals surface area contributed by atoms with Crippen LogP contribution in [0.5, 0.6) is 0 Å². The molecule has 1 amide bonds. The molecule has 0 aliphatic rings. The van der Waals surface area contributed by atoms with Gasteiger partial charge in [-0.2, -0.15) is 13.2 Å². The molecule has 1 aromatic carbocycles. The van der Waals surface area contributed by atoms with E-state index >= 15 is 0 Å². The number of halogens is 3. The molecule has 0 aliphatic heterocycles. The fourth-order valence-electron chi connectivity index (χ4n) is 3.47. The number of rotatable bonds is 3. The first kappa shape index (κ1) is 23.9. The monoisotopic (exact) mass is 487 g/mol. The van der Waals surface area contributed by atoms with Crippen molar-refractivity contribution in [3.8, 4) is 17.1 Å². The SMILES string of the molecule is CN(C(=O)OC(C)(C)C)c1c(-c2nnco2)c(=O)n(-c2ccccc2)c2nc(C(F)(F)F)ccc12. The highest BCUT2D eigenvalue weighted by molar-refractivity contribution is 6.05. The maximum Gasteiger partial charge on any atom is 0.433 e. The third-order valence-corrected chi connectivity index (χ3v) is 4.88. The summed E-state index contributed by atoms with van der Waals surface area (Å²) < 4.78 is 52.4. The predicted molar refractivity (Wildman–Crippen MR) is 120 cm³/mol. The number of carbonyl (C=O) groups excluding carboxylic acids is 1. The molecule has 3 aromatic heterocycles. The van der Waals surface area contributed by atoms with Crippen LogP contribution < -0.4 is 10.5 Å². The molecule has 4 rings (SSSR count). The van der Waals surface area contributed by atoms with Gasteiger partial charge in [-0.3, -0.25) is 14.3 Å². The van der Waals surface area contributed by atoms with E-state index in [9.17, 15) is 22.8 Å². The summed E-state index contributed by atoms with van der Waals surface area (Å²) in [5.41, 5.74) is -3.25. The second-order valence-corrected chi connectivity index (χ2v) is 8.55. The summed E-state index contributed by atoms with van der Waals surface area (Å²) in [6, 6.07) is 9.92. The summed E-state index contributed by atoms with van der Waals surface area (Å²) in [7, 11) is 1.33. The Hall–Kier alpha value is -4.22. The van der Waals surface area contributed by atoms with E-state index in [0.717, 1.165) is 28.0 Å². The Labute approximate surface area is 196 Å². The lowest BCUT2D eigenvalue weighted by atomic mass is 10.1. The van der Waals surface area contributed by atoms with E-state index in [1.54, 1.807) is 39.0 Å². The van der Waals surface area contributed by atoms with Crippen LogP contribution in [0.25, 0.3) is 28.2 Å². The lowest BCUT2D eigenvalue weighted by Gasteiger charge is -2.27. The Kier molecular flexibility index (Phi) is 5.83. The van der Waals surface area contributed by atoms with Gasteiger partial charge in [-0.15, -0.1) is 10.2 Å². The average molecular weight is 487 g/mol. The van der Waals surface area contributed by atoms with Crippen LogP contribution in [0, 0.1) is 0 Å². The normalized spacial score (nSPS) is 12.1. The van der Waals surface area contributed by atoms with Crippen LogP contribution in [0.4, 0.5) is 23.7 Å². The molecule has 0 N–H and O–H groups in total. The lowest BCUT2D eigenvalue weighted by Crippen LogP contribution is -2.36. The van der Waals surface area contributed by atoms with Crippen molar-refractivity contribution < 1.29 is 27.1 Å². The van der Waals surface area contributed by atoms with E-state index in [4.69, 9.17) is 9.15 Å². The molecule has 0 fully saturated rings. The van der Waals surface area contributed by atoms with Gasteiger partial charge in [-0.05, 0) is 45.0 Å². The van der Waals surface area contributed by atoms with Crippen LogP contribution in [0.3, 0.4) is 0 Å². The number of alkyl halides is 3. The van der Waals surface area contributed by atoms with Crippen LogP contribution in [0.1, 0.15) is 26.5 Å². The third-order valence-electron chi connectivity index (χ3n) is 4.88. The predicted octanol–water partition coefficient (Wildman–Crippen LogP) is 4.83. The molecule has 12 heteroatoms. The summed E-state index contributed by atoms with van der Waals surface area (Å²) in [4.78, 5) is 31.5. The smallest absolute Gasteiger partial charge is 0.433 e. The molecule has 4 aromatic rings. The molecule has 0 saturated carbocycles. The van der Waals surface area contributed by atoms with Gasteiger partial charge < -0.3 is 9.15 Å². The minimum atomic E-state index is -4.77. The van der Waals surface area contributed by atoms with Crippen molar-refractivity contribution in [1.29, 1.82) is 0 Å². The number of pyridine rings is 2.